The second-order valence-electron chi connectivity index (χ2n) is 5.44. The summed E-state index contributed by atoms with van der Waals surface area (Å²) in [7, 11) is 0. The number of aliphatic hydroxyl groups is 1. The molecule has 106 valence electrons. The molecule has 2 unspecified atom stereocenters. The average molecular weight is 288 g/mol. The third-order valence-corrected chi connectivity index (χ3v) is 4.85. The molecule has 3 rings (SSSR count). The van der Waals surface area contributed by atoms with E-state index in [4.69, 9.17) is 4.98 Å². The van der Waals surface area contributed by atoms with Crippen LogP contribution in [0.1, 0.15) is 37.1 Å². The molecule has 2 aromatic rings. The predicted molar refractivity (Wildman–Crippen MR) is 83.3 cm³/mol. The van der Waals surface area contributed by atoms with Crippen LogP contribution in [0.4, 0.5) is 5.13 Å². The quantitative estimate of drug-likeness (QED) is 0.936. The summed E-state index contributed by atoms with van der Waals surface area (Å²) < 4.78 is 0. The van der Waals surface area contributed by atoms with E-state index in [1.807, 2.05) is 30.3 Å². The Morgan fingerprint density at radius 2 is 2.20 bits per heavy atom. The minimum absolute atomic E-state index is 0.470. The van der Waals surface area contributed by atoms with Crippen LogP contribution in [-0.2, 0) is 6.42 Å². The maximum atomic E-state index is 10.3. The third kappa shape index (κ3) is 2.86. The van der Waals surface area contributed by atoms with E-state index in [-0.39, 0.29) is 0 Å². The Morgan fingerprint density at radius 3 is 2.90 bits per heavy atom. The lowest BCUT2D eigenvalue weighted by Gasteiger charge is -2.19. The van der Waals surface area contributed by atoms with Crippen molar-refractivity contribution in [2.45, 2.75) is 38.3 Å². The first-order chi connectivity index (χ1) is 9.74. The number of nitrogens with zero attached hydrogens (tertiary/aromatic N) is 2. The maximum absolute atomic E-state index is 10.3. The molecule has 2 atom stereocenters. The summed E-state index contributed by atoms with van der Waals surface area (Å²) in [4.78, 5) is 7.07. The minimum atomic E-state index is -0.470. The van der Waals surface area contributed by atoms with Gasteiger partial charge in [0, 0.05) is 24.4 Å². The molecule has 20 heavy (non-hydrogen) atoms. The molecule has 0 aliphatic carbocycles. The first kappa shape index (κ1) is 13.6. The van der Waals surface area contributed by atoms with Crippen LogP contribution in [0.15, 0.2) is 35.7 Å². The van der Waals surface area contributed by atoms with Crippen LogP contribution >= 0.6 is 11.3 Å². The highest BCUT2D eigenvalue weighted by molar-refractivity contribution is 7.13. The topological polar surface area (TPSA) is 36.4 Å². The van der Waals surface area contributed by atoms with Gasteiger partial charge in [0.1, 0.15) is 0 Å². The second-order valence-corrected chi connectivity index (χ2v) is 6.27. The van der Waals surface area contributed by atoms with Crippen LogP contribution in [0.25, 0.3) is 0 Å². The fourth-order valence-corrected chi connectivity index (χ4v) is 3.70. The zero-order valence-corrected chi connectivity index (χ0v) is 12.5. The summed E-state index contributed by atoms with van der Waals surface area (Å²) in [6, 6.07) is 10.4. The summed E-state index contributed by atoms with van der Waals surface area (Å²) in [6.07, 6.45) is 2.62. The van der Waals surface area contributed by atoms with Gasteiger partial charge >= 0.3 is 0 Å². The fourth-order valence-electron chi connectivity index (χ4n) is 2.73. The molecule has 1 N–H and O–H groups in total. The SMILES string of the molecule is CC1CCCN1c1nc(CC(O)c2ccccc2)cs1. The number of anilines is 1. The van der Waals surface area contributed by atoms with Crippen LogP contribution in [0.3, 0.4) is 0 Å². The normalized spacial score (nSPS) is 20.3. The van der Waals surface area contributed by atoms with Crippen molar-refractivity contribution in [3.63, 3.8) is 0 Å². The molecular weight excluding hydrogens is 268 g/mol. The number of aliphatic hydroxyl groups excluding tert-OH is 1. The number of thiazole rings is 1. The fraction of sp³-hybridized carbons (Fsp3) is 0.438. The number of rotatable bonds is 4. The summed E-state index contributed by atoms with van der Waals surface area (Å²) in [5.74, 6) is 0. The third-order valence-electron chi connectivity index (χ3n) is 3.93. The van der Waals surface area contributed by atoms with Crippen molar-refractivity contribution in [2.24, 2.45) is 0 Å². The lowest BCUT2D eigenvalue weighted by atomic mass is 10.1. The highest BCUT2D eigenvalue weighted by Crippen LogP contribution is 2.29. The van der Waals surface area contributed by atoms with Crippen LogP contribution in [0.5, 0.6) is 0 Å². The first-order valence-electron chi connectivity index (χ1n) is 7.18. The number of hydrogen-bond donors (Lipinski definition) is 1. The molecular formula is C16H20N2OS. The Morgan fingerprint density at radius 1 is 1.40 bits per heavy atom. The van der Waals surface area contributed by atoms with Crippen molar-refractivity contribution in [1.29, 1.82) is 0 Å². The van der Waals surface area contributed by atoms with E-state index < -0.39 is 6.10 Å². The molecule has 0 amide bonds. The highest BCUT2D eigenvalue weighted by Gasteiger charge is 2.23. The van der Waals surface area contributed by atoms with Gasteiger partial charge in [-0.05, 0) is 25.3 Å². The second kappa shape index (κ2) is 5.94. The zero-order chi connectivity index (χ0) is 13.9. The lowest BCUT2D eigenvalue weighted by Crippen LogP contribution is -2.26. The highest BCUT2D eigenvalue weighted by atomic mass is 32.1. The van der Waals surface area contributed by atoms with Crippen molar-refractivity contribution < 1.29 is 5.11 Å². The van der Waals surface area contributed by atoms with Crippen LogP contribution in [-0.4, -0.2) is 22.7 Å². The molecule has 1 aliphatic rings. The summed E-state index contributed by atoms with van der Waals surface area (Å²) in [5, 5.41) is 13.4. The molecule has 0 bridgehead atoms. The number of benzene rings is 1. The molecule has 1 aromatic carbocycles. The summed E-state index contributed by atoms with van der Waals surface area (Å²) in [6.45, 7) is 3.36. The van der Waals surface area contributed by atoms with E-state index in [9.17, 15) is 5.11 Å². The van der Waals surface area contributed by atoms with E-state index >= 15 is 0 Å². The maximum Gasteiger partial charge on any atom is 0.185 e. The van der Waals surface area contributed by atoms with E-state index in [0.29, 0.717) is 12.5 Å². The predicted octanol–water partition coefficient (Wildman–Crippen LogP) is 3.41. The van der Waals surface area contributed by atoms with Gasteiger partial charge in [0.2, 0.25) is 0 Å². The largest absolute Gasteiger partial charge is 0.388 e. The first-order valence-corrected chi connectivity index (χ1v) is 8.06. The van der Waals surface area contributed by atoms with E-state index in [1.54, 1.807) is 11.3 Å². The molecule has 0 saturated carbocycles. The van der Waals surface area contributed by atoms with Gasteiger partial charge in [-0.2, -0.15) is 0 Å². The van der Waals surface area contributed by atoms with Gasteiger partial charge < -0.3 is 10.0 Å². The van der Waals surface area contributed by atoms with Crippen LogP contribution < -0.4 is 4.90 Å². The molecule has 1 aromatic heterocycles. The smallest absolute Gasteiger partial charge is 0.185 e. The van der Waals surface area contributed by atoms with E-state index in [0.717, 1.165) is 22.9 Å². The number of hydrogen-bond acceptors (Lipinski definition) is 4. The van der Waals surface area contributed by atoms with E-state index in [2.05, 4.69) is 17.2 Å². The average Bonchev–Trinajstić information content (AvgIpc) is 3.08. The molecule has 0 radical (unpaired) electrons. The zero-order valence-electron chi connectivity index (χ0n) is 11.7. The molecule has 1 saturated heterocycles. The van der Waals surface area contributed by atoms with Crippen LogP contribution in [0.2, 0.25) is 0 Å². The monoisotopic (exact) mass is 288 g/mol. The van der Waals surface area contributed by atoms with Gasteiger partial charge in [0.05, 0.1) is 11.8 Å². The Balaban J connectivity index is 1.68. The Hall–Kier alpha value is -1.39. The molecule has 1 fully saturated rings. The van der Waals surface area contributed by atoms with Gasteiger partial charge in [-0.3, -0.25) is 0 Å². The van der Waals surface area contributed by atoms with Crippen molar-refractivity contribution >= 4 is 16.5 Å². The Labute approximate surface area is 123 Å². The van der Waals surface area contributed by atoms with Gasteiger partial charge in [-0.1, -0.05) is 30.3 Å². The Bertz CT molecular complexity index is 555. The summed E-state index contributed by atoms with van der Waals surface area (Å²) >= 11 is 1.69. The molecule has 2 heterocycles. The van der Waals surface area contributed by atoms with Crippen molar-refractivity contribution in [3.8, 4) is 0 Å². The number of aromatic nitrogens is 1. The Kier molecular flexibility index (Phi) is 4.03. The standard InChI is InChI=1S/C16H20N2OS/c1-12-6-5-9-18(12)16-17-14(11-20-16)10-15(19)13-7-3-2-4-8-13/h2-4,7-8,11-12,15,19H,5-6,9-10H2,1H3. The van der Waals surface area contributed by atoms with Crippen molar-refractivity contribution in [3.05, 3.63) is 47.0 Å². The van der Waals surface area contributed by atoms with Gasteiger partial charge in [-0.25, -0.2) is 4.98 Å². The van der Waals surface area contributed by atoms with Gasteiger partial charge in [0.25, 0.3) is 0 Å². The molecule has 0 spiro atoms. The van der Waals surface area contributed by atoms with E-state index in [1.165, 1.54) is 12.8 Å². The minimum Gasteiger partial charge on any atom is -0.388 e. The molecule has 3 nitrogen and oxygen atoms in total. The van der Waals surface area contributed by atoms with Gasteiger partial charge in [0.15, 0.2) is 5.13 Å². The van der Waals surface area contributed by atoms with Crippen LogP contribution in [0, 0.1) is 0 Å². The molecule has 1 aliphatic heterocycles. The van der Waals surface area contributed by atoms with Gasteiger partial charge in [-0.15, -0.1) is 11.3 Å². The summed E-state index contributed by atoms with van der Waals surface area (Å²) in [5.41, 5.74) is 1.94. The van der Waals surface area contributed by atoms with Crippen molar-refractivity contribution in [2.75, 3.05) is 11.4 Å². The van der Waals surface area contributed by atoms with Crippen molar-refractivity contribution in [1.82, 2.24) is 4.98 Å². The molecule has 4 heteroatoms. The lowest BCUT2D eigenvalue weighted by molar-refractivity contribution is 0.177.